The van der Waals surface area contributed by atoms with E-state index in [9.17, 15) is 0 Å². The normalized spacial score (nSPS) is 20.7. The van der Waals surface area contributed by atoms with Crippen LogP contribution < -0.4 is 11.1 Å². The molecule has 0 spiro atoms. The first-order chi connectivity index (χ1) is 5.25. The minimum Gasteiger partial charge on any atom is -0.401 e. The number of hydrogen-bond acceptors (Lipinski definition) is 3. The van der Waals surface area contributed by atoms with Gasteiger partial charge in [0.1, 0.15) is 0 Å². The molecule has 3 nitrogen and oxygen atoms in total. The summed E-state index contributed by atoms with van der Waals surface area (Å²) >= 11 is 0. The minimum atomic E-state index is 0.808. The maximum atomic E-state index is 5.79. The Labute approximate surface area is 67.4 Å². The summed E-state index contributed by atoms with van der Waals surface area (Å²) in [5, 5.41) is 3.21. The zero-order valence-electron chi connectivity index (χ0n) is 7.15. The van der Waals surface area contributed by atoms with E-state index >= 15 is 0 Å². The zero-order chi connectivity index (χ0) is 8.27. The van der Waals surface area contributed by atoms with Crippen LogP contribution in [0.25, 0.3) is 0 Å². The Hall–Kier alpha value is -0.830. The molecule has 3 N–H and O–H groups in total. The quantitative estimate of drug-likeness (QED) is 0.532. The highest BCUT2D eigenvalue weighted by molar-refractivity contribution is 5.98. The van der Waals surface area contributed by atoms with Gasteiger partial charge in [-0.1, -0.05) is 0 Å². The maximum Gasteiger partial charge on any atom is 0.0363 e. The van der Waals surface area contributed by atoms with Crippen molar-refractivity contribution in [3.05, 3.63) is 11.3 Å². The molecule has 1 rings (SSSR count). The van der Waals surface area contributed by atoms with Gasteiger partial charge in [-0.25, -0.2) is 0 Å². The average Bonchev–Trinajstić information content (AvgIpc) is 2.04. The SMILES string of the molecule is CN=C(C)C1=C(N)CNCC1. The first kappa shape index (κ1) is 8.27. The van der Waals surface area contributed by atoms with Crippen molar-refractivity contribution in [3.8, 4) is 0 Å². The number of nitrogens with zero attached hydrogens (tertiary/aromatic N) is 1. The van der Waals surface area contributed by atoms with Crippen molar-refractivity contribution in [1.82, 2.24) is 5.32 Å². The van der Waals surface area contributed by atoms with Crippen LogP contribution in [0.5, 0.6) is 0 Å². The summed E-state index contributed by atoms with van der Waals surface area (Å²) < 4.78 is 0. The van der Waals surface area contributed by atoms with Gasteiger partial charge in [0.25, 0.3) is 0 Å². The van der Waals surface area contributed by atoms with Crippen LogP contribution in [-0.2, 0) is 0 Å². The third-order valence-electron chi connectivity index (χ3n) is 2.03. The highest BCUT2D eigenvalue weighted by atomic mass is 14.9. The summed E-state index contributed by atoms with van der Waals surface area (Å²) in [7, 11) is 1.80. The number of nitrogens with two attached hydrogens (primary N) is 1. The Morgan fingerprint density at radius 1 is 1.64 bits per heavy atom. The molecule has 0 radical (unpaired) electrons. The standard InChI is InChI=1S/C8H15N3/c1-6(10-2)7-3-4-11-5-8(7)9/h11H,3-5,9H2,1-2H3. The Morgan fingerprint density at radius 2 is 2.36 bits per heavy atom. The van der Waals surface area contributed by atoms with Crippen molar-refractivity contribution in [2.24, 2.45) is 10.7 Å². The highest BCUT2D eigenvalue weighted by Crippen LogP contribution is 2.09. The molecule has 0 amide bonds. The van der Waals surface area contributed by atoms with Gasteiger partial charge in [0, 0.05) is 25.0 Å². The van der Waals surface area contributed by atoms with Crippen LogP contribution in [0.2, 0.25) is 0 Å². The predicted molar refractivity (Wildman–Crippen MR) is 47.7 cm³/mol. The molecular weight excluding hydrogens is 138 g/mol. The van der Waals surface area contributed by atoms with Crippen LogP contribution in [0.3, 0.4) is 0 Å². The molecule has 0 aromatic heterocycles. The second kappa shape index (κ2) is 3.53. The first-order valence-corrected chi connectivity index (χ1v) is 3.87. The lowest BCUT2D eigenvalue weighted by molar-refractivity contribution is 0.685. The fraction of sp³-hybridized carbons (Fsp3) is 0.625. The fourth-order valence-corrected chi connectivity index (χ4v) is 1.25. The van der Waals surface area contributed by atoms with E-state index in [1.807, 2.05) is 6.92 Å². The second-order valence-electron chi connectivity index (χ2n) is 2.74. The molecule has 0 saturated carbocycles. The van der Waals surface area contributed by atoms with E-state index in [0.717, 1.165) is 30.9 Å². The summed E-state index contributed by atoms with van der Waals surface area (Å²) in [6.45, 7) is 3.83. The van der Waals surface area contributed by atoms with E-state index < -0.39 is 0 Å². The van der Waals surface area contributed by atoms with Gasteiger partial charge in [-0.05, 0) is 25.5 Å². The number of rotatable bonds is 1. The van der Waals surface area contributed by atoms with Crippen molar-refractivity contribution in [3.63, 3.8) is 0 Å². The van der Waals surface area contributed by atoms with Gasteiger partial charge >= 0.3 is 0 Å². The van der Waals surface area contributed by atoms with Gasteiger partial charge in [-0.2, -0.15) is 0 Å². The third kappa shape index (κ3) is 1.80. The molecule has 0 aliphatic carbocycles. The van der Waals surface area contributed by atoms with E-state index in [0.29, 0.717) is 0 Å². The summed E-state index contributed by atoms with van der Waals surface area (Å²) in [4.78, 5) is 4.11. The van der Waals surface area contributed by atoms with Gasteiger partial charge in [0.15, 0.2) is 0 Å². The van der Waals surface area contributed by atoms with Crippen molar-refractivity contribution in [2.45, 2.75) is 13.3 Å². The van der Waals surface area contributed by atoms with Crippen molar-refractivity contribution < 1.29 is 0 Å². The van der Waals surface area contributed by atoms with Crippen LogP contribution in [-0.4, -0.2) is 25.8 Å². The third-order valence-corrected chi connectivity index (χ3v) is 2.03. The molecule has 0 aromatic carbocycles. The minimum absolute atomic E-state index is 0.808. The summed E-state index contributed by atoms with van der Waals surface area (Å²) in [5.74, 6) is 0. The largest absolute Gasteiger partial charge is 0.401 e. The molecule has 0 fully saturated rings. The molecule has 1 aliphatic heterocycles. The zero-order valence-corrected chi connectivity index (χ0v) is 7.15. The number of hydrogen-bond donors (Lipinski definition) is 2. The Bertz CT molecular complexity index is 203. The highest BCUT2D eigenvalue weighted by Gasteiger charge is 2.10. The van der Waals surface area contributed by atoms with Gasteiger partial charge in [-0.15, -0.1) is 0 Å². The van der Waals surface area contributed by atoms with E-state index in [-0.39, 0.29) is 0 Å². The van der Waals surface area contributed by atoms with Crippen LogP contribution >= 0.6 is 0 Å². The van der Waals surface area contributed by atoms with Crippen LogP contribution in [0.15, 0.2) is 16.3 Å². The predicted octanol–water partition coefficient (Wildman–Crippen LogP) is 0.283. The number of aliphatic imine (C=N–C) groups is 1. The second-order valence-corrected chi connectivity index (χ2v) is 2.74. The molecule has 1 heterocycles. The Kier molecular flexibility index (Phi) is 2.65. The Morgan fingerprint density at radius 3 is 2.91 bits per heavy atom. The summed E-state index contributed by atoms with van der Waals surface area (Å²) in [5.41, 5.74) is 9.04. The summed E-state index contributed by atoms with van der Waals surface area (Å²) in [6.07, 6.45) is 1.01. The molecule has 0 unspecified atom stereocenters. The number of nitrogens with one attached hydrogen (secondary N) is 1. The van der Waals surface area contributed by atoms with Gasteiger partial charge < -0.3 is 11.1 Å². The molecule has 0 atom stereocenters. The topological polar surface area (TPSA) is 50.4 Å². The Balaban J connectivity index is 2.82. The monoisotopic (exact) mass is 153 g/mol. The van der Waals surface area contributed by atoms with Crippen LogP contribution in [0.1, 0.15) is 13.3 Å². The van der Waals surface area contributed by atoms with Crippen LogP contribution in [0.4, 0.5) is 0 Å². The van der Waals surface area contributed by atoms with Crippen molar-refractivity contribution in [1.29, 1.82) is 0 Å². The molecule has 11 heavy (non-hydrogen) atoms. The smallest absolute Gasteiger partial charge is 0.0363 e. The van der Waals surface area contributed by atoms with Gasteiger partial charge in [0.2, 0.25) is 0 Å². The average molecular weight is 153 g/mol. The lowest BCUT2D eigenvalue weighted by atomic mass is 10.0. The van der Waals surface area contributed by atoms with Crippen molar-refractivity contribution >= 4 is 5.71 Å². The molecule has 62 valence electrons. The maximum absolute atomic E-state index is 5.79. The summed E-state index contributed by atoms with van der Waals surface area (Å²) in [6, 6.07) is 0. The van der Waals surface area contributed by atoms with E-state index in [1.54, 1.807) is 7.05 Å². The van der Waals surface area contributed by atoms with E-state index in [4.69, 9.17) is 5.73 Å². The lowest BCUT2D eigenvalue weighted by Crippen LogP contribution is -2.30. The molecule has 0 bridgehead atoms. The molecule has 0 aromatic rings. The molecule has 3 heteroatoms. The fourth-order valence-electron chi connectivity index (χ4n) is 1.25. The van der Waals surface area contributed by atoms with E-state index in [2.05, 4.69) is 10.3 Å². The van der Waals surface area contributed by atoms with Gasteiger partial charge in [0.05, 0.1) is 0 Å². The van der Waals surface area contributed by atoms with E-state index in [1.165, 1.54) is 5.57 Å². The molecule has 0 saturated heterocycles. The first-order valence-electron chi connectivity index (χ1n) is 3.87. The van der Waals surface area contributed by atoms with Gasteiger partial charge in [-0.3, -0.25) is 4.99 Å². The lowest BCUT2D eigenvalue weighted by Gasteiger charge is -2.17. The molecular formula is C8H15N3. The molecule has 1 aliphatic rings. The van der Waals surface area contributed by atoms with Crippen molar-refractivity contribution in [2.75, 3.05) is 20.1 Å². The van der Waals surface area contributed by atoms with Crippen LogP contribution in [0, 0.1) is 0 Å².